The van der Waals surface area contributed by atoms with Crippen LogP contribution in [0.15, 0.2) is 12.4 Å². The Bertz CT molecular complexity index is 682. The number of piperidine rings is 1. The van der Waals surface area contributed by atoms with Crippen molar-refractivity contribution in [2.75, 3.05) is 13.1 Å². The summed E-state index contributed by atoms with van der Waals surface area (Å²) in [6, 6.07) is 0.442. The molecule has 28 heavy (non-hydrogen) atoms. The minimum Gasteiger partial charge on any atom is -0.458 e. The molecule has 5 nitrogen and oxygen atoms in total. The van der Waals surface area contributed by atoms with Gasteiger partial charge < -0.3 is 9.64 Å². The van der Waals surface area contributed by atoms with Gasteiger partial charge in [-0.3, -0.25) is 4.79 Å². The zero-order valence-corrected chi connectivity index (χ0v) is 17.1. The average molecular weight is 384 g/mol. The van der Waals surface area contributed by atoms with Gasteiger partial charge in [-0.25, -0.2) is 9.97 Å². The number of aromatic nitrogens is 2. The van der Waals surface area contributed by atoms with Gasteiger partial charge in [-0.1, -0.05) is 6.92 Å². The maximum Gasteiger partial charge on any atom is 0.316 e. The first-order chi connectivity index (χ1) is 13.6. The van der Waals surface area contributed by atoms with Gasteiger partial charge in [0, 0.05) is 25.4 Å². The molecule has 152 valence electrons. The van der Waals surface area contributed by atoms with E-state index < -0.39 is 0 Å². The third kappa shape index (κ3) is 3.65. The fraction of sp³-hybridized carbons (Fsp3) is 0.783. The van der Waals surface area contributed by atoms with Crippen molar-refractivity contribution in [2.45, 2.75) is 77.2 Å². The van der Waals surface area contributed by atoms with Gasteiger partial charge in [-0.15, -0.1) is 0 Å². The number of carbonyl (C=O) groups excluding carboxylic acids is 1. The van der Waals surface area contributed by atoms with Gasteiger partial charge in [-0.05, 0) is 86.5 Å². The molecular weight excluding hydrogens is 350 g/mol. The highest BCUT2D eigenvalue weighted by Crippen LogP contribution is 2.61. The Hall–Kier alpha value is -1.65. The maximum atomic E-state index is 13.2. The van der Waals surface area contributed by atoms with E-state index in [1.54, 1.807) is 0 Å². The summed E-state index contributed by atoms with van der Waals surface area (Å²) >= 11 is 0. The van der Waals surface area contributed by atoms with E-state index in [0.29, 0.717) is 23.9 Å². The molecule has 1 aromatic rings. The van der Waals surface area contributed by atoms with Crippen molar-refractivity contribution in [1.82, 2.24) is 14.9 Å². The Morgan fingerprint density at radius 2 is 1.79 bits per heavy atom. The molecule has 1 aliphatic heterocycles. The van der Waals surface area contributed by atoms with Gasteiger partial charge in [0.1, 0.15) is 6.10 Å². The normalized spacial score (nSPS) is 36.5. The molecule has 0 N–H and O–H groups in total. The van der Waals surface area contributed by atoms with Crippen molar-refractivity contribution in [1.29, 1.82) is 0 Å². The predicted molar refractivity (Wildman–Crippen MR) is 107 cm³/mol. The lowest BCUT2D eigenvalue weighted by atomic mass is 9.49. The second kappa shape index (κ2) is 7.31. The second-order valence-electron chi connectivity index (χ2n) is 10.0. The van der Waals surface area contributed by atoms with E-state index in [9.17, 15) is 4.79 Å². The van der Waals surface area contributed by atoms with Gasteiger partial charge in [0.2, 0.25) is 5.91 Å². The molecule has 5 fully saturated rings. The highest BCUT2D eigenvalue weighted by Gasteiger charge is 2.51. The maximum absolute atomic E-state index is 13.2. The molecule has 5 heteroatoms. The molecule has 1 unspecified atom stereocenters. The Balaban J connectivity index is 1.19. The fourth-order valence-corrected chi connectivity index (χ4v) is 6.94. The number of hydrogen-bond donors (Lipinski definition) is 0. The van der Waals surface area contributed by atoms with E-state index in [4.69, 9.17) is 4.74 Å². The smallest absolute Gasteiger partial charge is 0.316 e. The van der Waals surface area contributed by atoms with Gasteiger partial charge in [0.25, 0.3) is 0 Å². The zero-order valence-electron chi connectivity index (χ0n) is 17.1. The van der Waals surface area contributed by atoms with Crippen LogP contribution in [0, 0.1) is 23.2 Å². The van der Waals surface area contributed by atoms with Crippen LogP contribution in [0.3, 0.4) is 0 Å². The summed E-state index contributed by atoms with van der Waals surface area (Å²) in [6.07, 6.45) is 15.6. The first kappa shape index (κ1) is 18.4. The number of nitrogens with zero attached hydrogens (tertiary/aromatic N) is 3. The molecule has 0 spiro atoms. The van der Waals surface area contributed by atoms with E-state index in [0.717, 1.165) is 55.5 Å². The van der Waals surface area contributed by atoms with Crippen LogP contribution in [0.25, 0.3) is 0 Å². The summed E-state index contributed by atoms with van der Waals surface area (Å²) in [5.74, 6) is 3.07. The van der Waals surface area contributed by atoms with Gasteiger partial charge in [0.15, 0.2) is 0 Å². The Labute approximate surface area is 168 Å². The fourth-order valence-electron chi connectivity index (χ4n) is 6.94. The largest absolute Gasteiger partial charge is 0.458 e. The van der Waals surface area contributed by atoms with Crippen molar-refractivity contribution in [2.24, 2.45) is 23.2 Å². The molecule has 4 bridgehead atoms. The molecule has 2 heterocycles. The summed E-state index contributed by atoms with van der Waals surface area (Å²) in [5, 5.41) is 0. The molecule has 0 radical (unpaired) electrons. The molecule has 4 aliphatic carbocycles. The van der Waals surface area contributed by atoms with Gasteiger partial charge in [-0.2, -0.15) is 0 Å². The Kier molecular flexibility index (Phi) is 4.80. The predicted octanol–water partition coefficient (Wildman–Crippen LogP) is 4.02. The van der Waals surface area contributed by atoms with Gasteiger partial charge in [0.05, 0.1) is 6.54 Å². The van der Waals surface area contributed by atoms with Crippen LogP contribution >= 0.6 is 0 Å². The molecular formula is C23H33N3O2. The highest BCUT2D eigenvalue weighted by molar-refractivity contribution is 5.77. The van der Waals surface area contributed by atoms with E-state index >= 15 is 0 Å². The lowest BCUT2D eigenvalue weighted by Crippen LogP contribution is -2.50. The van der Waals surface area contributed by atoms with Crippen molar-refractivity contribution < 1.29 is 9.53 Å². The Morgan fingerprint density at radius 3 is 2.39 bits per heavy atom. The molecule has 1 atom stereocenters. The topological polar surface area (TPSA) is 55.3 Å². The number of carbonyl (C=O) groups is 1. The van der Waals surface area contributed by atoms with Crippen molar-refractivity contribution >= 4 is 5.91 Å². The number of likely N-dealkylation sites (tertiary alicyclic amines) is 1. The SMILES string of the molecule is CCc1cnc(OC2CCCN(C(=O)CC34CC5CC(CC(C5)C3)C4)C2)nc1. The van der Waals surface area contributed by atoms with Crippen LogP contribution in [0.2, 0.25) is 0 Å². The van der Waals surface area contributed by atoms with E-state index in [1.807, 2.05) is 12.4 Å². The van der Waals surface area contributed by atoms with E-state index in [2.05, 4.69) is 21.8 Å². The lowest BCUT2D eigenvalue weighted by molar-refractivity contribution is -0.142. The summed E-state index contributed by atoms with van der Waals surface area (Å²) < 4.78 is 6.01. The van der Waals surface area contributed by atoms with Crippen LogP contribution in [0.5, 0.6) is 6.01 Å². The Morgan fingerprint density at radius 1 is 1.14 bits per heavy atom. The number of hydrogen-bond acceptors (Lipinski definition) is 4. The zero-order chi connectivity index (χ0) is 19.1. The highest BCUT2D eigenvalue weighted by atomic mass is 16.5. The number of amides is 1. The van der Waals surface area contributed by atoms with Gasteiger partial charge >= 0.3 is 6.01 Å². The molecule has 1 amide bonds. The number of aryl methyl sites for hydroxylation is 1. The van der Waals surface area contributed by atoms with Crippen molar-refractivity contribution in [3.8, 4) is 6.01 Å². The number of rotatable bonds is 5. The summed E-state index contributed by atoms with van der Waals surface area (Å²) in [4.78, 5) is 23.9. The van der Waals surface area contributed by atoms with Crippen LogP contribution < -0.4 is 4.74 Å². The lowest BCUT2D eigenvalue weighted by Gasteiger charge is -2.57. The van der Waals surface area contributed by atoms with Crippen LogP contribution in [-0.2, 0) is 11.2 Å². The standard InChI is InChI=1S/C23H33N3O2/c1-2-16-13-24-22(25-14-16)28-20-4-3-5-26(15-20)21(27)12-23-9-17-6-18(10-23)8-19(7-17)11-23/h13-14,17-20H,2-12,15H2,1H3. The molecule has 4 saturated carbocycles. The molecule has 1 saturated heterocycles. The quantitative estimate of drug-likeness (QED) is 0.771. The minimum absolute atomic E-state index is 0.0153. The molecule has 0 aromatic carbocycles. The molecule has 5 aliphatic rings. The molecule has 6 rings (SSSR count). The monoisotopic (exact) mass is 383 g/mol. The third-order valence-electron chi connectivity index (χ3n) is 7.78. The second-order valence-corrected chi connectivity index (χ2v) is 10.0. The number of ether oxygens (including phenoxy) is 1. The first-order valence-electron chi connectivity index (χ1n) is 11.4. The molecule has 1 aromatic heterocycles. The average Bonchev–Trinajstić information content (AvgIpc) is 2.67. The summed E-state index contributed by atoms with van der Waals surface area (Å²) in [5.41, 5.74) is 1.43. The summed E-state index contributed by atoms with van der Waals surface area (Å²) in [6.45, 7) is 3.65. The summed E-state index contributed by atoms with van der Waals surface area (Å²) in [7, 11) is 0. The van der Waals surface area contributed by atoms with E-state index in [1.165, 1.54) is 38.5 Å². The van der Waals surface area contributed by atoms with E-state index in [-0.39, 0.29) is 6.10 Å². The third-order valence-corrected chi connectivity index (χ3v) is 7.78. The minimum atomic E-state index is 0.0153. The first-order valence-corrected chi connectivity index (χ1v) is 11.4. The van der Waals surface area contributed by atoms with Crippen LogP contribution in [-0.4, -0.2) is 40.0 Å². The van der Waals surface area contributed by atoms with Crippen LogP contribution in [0.4, 0.5) is 0 Å². The van der Waals surface area contributed by atoms with Crippen LogP contribution in [0.1, 0.15) is 70.3 Å². The van der Waals surface area contributed by atoms with Crippen molar-refractivity contribution in [3.63, 3.8) is 0 Å². The van der Waals surface area contributed by atoms with Crippen molar-refractivity contribution in [3.05, 3.63) is 18.0 Å².